The van der Waals surface area contributed by atoms with Crippen molar-refractivity contribution in [2.75, 3.05) is 0 Å². The maximum absolute atomic E-state index is 13.2. The number of esters is 1. The topological polar surface area (TPSA) is 66.8 Å². The van der Waals surface area contributed by atoms with Crippen molar-refractivity contribution in [1.82, 2.24) is 0 Å². The molecule has 0 aliphatic rings. The standard InChI is InChI=1S/C29H22O4/c1-29(32,21-11-3-2-4-12-21)28(31)33-25-18-16-20-10-6-8-14-23(20)27(25)26-22-13-7-5-9-19(22)15-17-24(26)30/h2-18,30,32H,1H3/t29-/m1/s1. The third-order valence-corrected chi connectivity index (χ3v) is 5.98. The van der Waals surface area contributed by atoms with Crippen LogP contribution in [0.25, 0.3) is 32.7 Å². The average Bonchev–Trinajstić information content (AvgIpc) is 2.85. The quantitative estimate of drug-likeness (QED) is 0.262. The largest absolute Gasteiger partial charge is 0.507 e. The molecule has 5 aromatic rings. The van der Waals surface area contributed by atoms with Crippen molar-refractivity contribution in [2.45, 2.75) is 12.5 Å². The van der Waals surface area contributed by atoms with Crippen molar-refractivity contribution in [2.24, 2.45) is 0 Å². The molecule has 33 heavy (non-hydrogen) atoms. The number of rotatable bonds is 4. The molecular formula is C29H22O4. The Bertz CT molecular complexity index is 1490. The molecule has 0 saturated carbocycles. The molecule has 0 bridgehead atoms. The van der Waals surface area contributed by atoms with Gasteiger partial charge in [0, 0.05) is 11.1 Å². The van der Waals surface area contributed by atoms with Crippen molar-refractivity contribution >= 4 is 27.5 Å². The first-order valence-electron chi connectivity index (χ1n) is 10.7. The average molecular weight is 434 g/mol. The van der Waals surface area contributed by atoms with Gasteiger partial charge in [0.25, 0.3) is 0 Å². The van der Waals surface area contributed by atoms with Crippen molar-refractivity contribution in [1.29, 1.82) is 0 Å². The van der Waals surface area contributed by atoms with E-state index in [-0.39, 0.29) is 11.5 Å². The first-order chi connectivity index (χ1) is 16.0. The molecule has 0 radical (unpaired) electrons. The lowest BCUT2D eigenvalue weighted by Gasteiger charge is -2.23. The fourth-order valence-corrected chi connectivity index (χ4v) is 4.20. The van der Waals surface area contributed by atoms with E-state index in [4.69, 9.17) is 4.74 Å². The van der Waals surface area contributed by atoms with Gasteiger partial charge in [-0.15, -0.1) is 0 Å². The van der Waals surface area contributed by atoms with Gasteiger partial charge in [-0.1, -0.05) is 91.0 Å². The Kier molecular flexibility index (Phi) is 5.08. The molecular weight excluding hydrogens is 412 g/mol. The first kappa shape index (κ1) is 20.7. The maximum Gasteiger partial charge on any atom is 0.347 e. The molecule has 5 aromatic carbocycles. The lowest BCUT2D eigenvalue weighted by Crippen LogP contribution is -2.36. The molecule has 0 aliphatic heterocycles. The van der Waals surface area contributed by atoms with Gasteiger partial charge in [0.15, 0.2) is 5.60 Å². The van der Waals surface area contributed by atoms with E-state index in [0.717, 1.165) is 21.5 Å². The summed E-state index contributed by atoms with van der Waals surface area (Å²) in [5.74, 6) is -0.455. The Morgan fingerprint density at radius 2 is 1.24 bits per heavy atom. The molecule has 162 valence electrons. The van der Waals surface area contributed by atoms with Crippen molar-refractivity contribution in [3.8, 4) is 22.6 Å². The van der Waals surface area contributed by atoms with Crippen LogP contribution in [0.3, 0.4) is 0 Å². The SMILES string of the molecule is C[C@](O)(C(=O)Oc1ccc2ccccc2c1-c1c(O)ccc2ccccc12)c1ccccc1. The number of benzene rings is 5. The highest BCUT2D eigenvalue weighted by Gasteiger charge is 2.35. The molecule has 2 N–H and O–H groups in total. The summed E-state index contributed by atoms with van der Waals surface area (Å²) in [5.41, 5.74) is -0.234. The number of phenolic OH excluding ortho intramolecular Hbond substituents is 1. The molecule has 0 aliphatic carbocycles. The number of aliphatic hydroxyl groups is 1. The Hall–Kier alpha value is -4.15. The fourth-order valence-electron chi connectivity index (χ4n) is 4.20. The second-order valence-corrected chi connectivity index (χ2v) is 8.17. The highest BCUT2D eigenvalue weighted by Crippen LogP contribution is 2.45. The van der Waals surface area contributed by atoms with Crippen LogP contribution in [0.4, 0.5) is 0 Å². The molecule has 0 aromatic heterocycles. The van der Waals surface area contributed by atoms with Crippen LogP contribution >= 0.6 is 0 Å². The molecule has 0 heterocycles. The lowest BCUT2D eigenvalue weighted by atomic mass is 9.92. The molecule has 4 heteroatoms. The summed E-state index contributed by atoms with van der Waals surface area (Å²) in [6.07, 6.45) is 0. The van der Waals surface area contributed by atoms with Crippen LogP contribution in [0.5, 0.6) is 11.5 Å². The molecule has 0 amide bonds. The number of phenols is 1. The predicted molar refractivity (Wildman–Crippen MR) is 130 cm³/mol. The zero-order valence-corrected chi connectivity index (χ0v) is 18.0. The van der Waals surface area contributed by atoms with Crippen molar-refractivity contribution in [3.63, 3.8) is 0 Å². The van der Waals surface area contributed by atoms with Gasteiger partial charge in [0.2, 0.25) is 0 Å². The summed E-state index contributed by atoms with van der Waals surface area (Å²) in [4.78, 5) is 13.2. The highest BCUT2D eigenvalue weighted by atomic mass is 16.6. The van der Waals surface area contributed by atoms with Gasteiger partial charge in [0.05, 0.1) is 0 Å². The Balaban J connectivity index is 1.72. The Morgan fingerprint density at radius 1 is 0.697 bits per heavy atom. The zero-order chi connectivity index (χ0) is 23.0. The lowest BCUT2D eigenvalue weighted by molar-refractivity contribution is -0.154. The van der Waals surface area contributed by atoms with E-state index >= 15 is 0 Å². The normalized spacial score (nSPS) is 13.0. The van der Waals surface area contributed by atoms with Gasteiger partial charge in [-0.2, -0.15) is 0 Å². The molecule has 0 saturated heterocycles. The Labute approximate surface area is 191 Å². The monoisotopic (exact) mass is 434 g/mol. The summed E-state index contributed by atoms with van der Waals surface area (Å²) in [7, 11) is 0. The maximum atomic E-state index is 13.2. The van der Waals surface area contributed by atoms with E-state index in [1.54, 1.807) is 36.4 Å². The van der Waals surface area contributed by atoms with Gasteiger partial charge < -0.3 is 14.9 Å². The number of carbonyl (C=O) groups is 1. The molecule has 4 nitrogen and oxygen atoms in total. The number of hydrogen-bond donors (Lipinski definition) is 2. The van der Waals surface area contributed by atoms with Gasteiger partial charge in [-0.3, -0.25) is 0 Å². The van der Waals surface area contributed by atoms with Gasteiger partial charge in [0.1, 0.15) is 11.5 Å². The summed E-state index contributed by atoms with van der Waals surface area (Å²) < 4.78 is 5.83. The third kappa shape index (κ3) is 3.60. The number of carbonyl (C=O) groups excluding carboxylic acids is 1. The molecule has 0 spiro atoms. The minimum Gasteiger partial charge on any atom is -0.507 e. The number of aromatic hydroxyl groups is 1. The van der Waals surface area contributed by atoms with Crippen molar-refractivity contribution < 1.29 is 19.7 Å². The van der Waals surface area contributed by atoms with Gasteiger partial charge in [-0.25, -0.2) is 4.79 Å². The predicted octanol–water partition coefficient (Wildman–Crippen LogP) is 6.18. The smallest absolute Gasteiger partial charge is 0.347 e. The Morgan fingerprint density at radius 3 is 1.91 bits per heavy atom. The summed E-state index contributed by atoms with van der Waals surface area (Å²) >= 11 is 0. The number of ether oxygens (including phenoxy) is 1. The molecule has 0 unspecified atom stereocenters. The van der Waals surface area contributed by atoms with E-state index in [0.29, 0.717) is 16.7 Å². The summed E-state index contributed by atoms with van der Waals surface area (Å²) in [6.45, 7) is 1.42. The first-order valence-corrected chi connectivity index (χ1v) is 10.7. The molecule has 5 rings (SSSR count). The van der Waals surface area contributed by atoms with Gasteiger partial charge >= 0.3 is 5.97 Å². The van der Waals surface area contributed by atoms with E-state index in [9.17, 15) is 15.0 Å². The number of fused-ring (bicyclic) bond motifs is 2. The van der Waals surface area contributed by atoms with E-state index in [1.807, 2.05) is 66.7 Å². The van der Waals surface area contributed by atoms with Crippen LogP contribution in [-0.4, -0.2) is 16.2 Å². The minimum absolute atomic E-state index is 0.0807. The van der Waals surface area contributed by atoms with Crippen LogP contribution in [0.15, 0.2) is 103 Å². The second kappa shape index (κ2) is 8.08. The van der Waals surface area contributed by atoms with Crippen LogP contribution in [0, 0.1) is 0 Å². The second-order valence-electron chi connectivity index (χ2n) is 8.17. The fraction of sp³-hybridized carbons (Fsp3) is 0.0690. The number of hydrogen-bond acceptors (Lipinski definition) is 4. The molecule has 1 atom stereocenters. The summed E-state index contributed by atoms with van der Waals surface area (Å²) in [6, 6.07) is 31.2. The van der Waals surface area contributed by atoms with E-state index in [2.05, 4.69) is 0 Å². The highest BCUT2D eigenvalue weighted by molar-refractivity contribution is 6.10. The van der Waals surface area contributed by atoms with E-state index < -0.39 is 11.6 Å². The van der Waals surface area contributed by atoms with Crippen LogP contribution in [-0.2, 0) is 10.4 Å². The zero-order valence-electron chi connectivity index (χ0n) is 18.0. The minimum atomic E-state index is -1.84. The van der Waals surface area contributed by atoms with Crippen molar-refractivity contribution in [3.05, 3.63) is 109 Å². The van der Waals surface area contributed by atoms with Gasteiger partial charge in [-0.05, 0) is 46.2 Å². The summed E-state index contributed by atoms with van der Waals surface area (Å²) in [5, 5.41) is 25.5. The van der Waals surface area contributed by atoms with Crippen LogP contribution in [0.1, 0.15) is 12.5 Å². The van der Waals surface area contributed by atoms with Crippen LogP contribution < -0.4 is 4.74 Å². The van der Waals surface area contributed by atoms with E-state index in [1.165, 1.54) is 6.92 Å². The molecule has 0 fully saturated rings. The van der Waals surface area contributed by atoms with Crippen LogP contribution in [0.2, 0.25) is 0 Å². The third-order valence-electron chi connectivity index (χ3n) is 5.98.